The molecule has 2 aliphatic rings. The summed E-state index contributed by atoms with van der Waals surface area (Å²) < 4.78 is 6.02. The van der Waals surface area contributed by atoms with Crippen LogP contribution in [0.25, 0.3) is 28.3 Å². The molecule has 2 atom stereocenters. The summed E-state index contributed by atoms with van der Waals surface area (Å²) in [7, 11) is -1.94. The molecule has 4 aromatic rings. The summed E-state index contributed by atoms with van der Waals surface area (Å²) >= 11 is 0. The Bertz CT molecular complexity index is 1450. The molecule has 2 unspecified atom stereocenters. The van der Waals surface area contributed by atoms with Crippen LogP contribution in [-0.4, -0.2) is 8.07 Å². The molecule has 2 heteroatoms. The second-order valence-electron chi connectivity index (χ2n) is 10.4. The molecule has 3 aromatic carbocycles. The molecule has 2 aliphatic carbocycles. The highest BCUT2D eigenvalue weighted by Crippen LogP contribution is 2.55. The summed E-state index contributed by atoms with van der Waals surface area (Å²) in [6, 6.07) is 32.5. The van der Waals surface area contributed by atoms with Crippen LogP contribution in [0, 0.1) is 0 Å². The van der Waals surface area contributed by atoms with E-state index in [9.17, 15) is 0 Å². The third-order valence-corrected chi connectivity index (χ3v) is 12.2. The van der Waals surface area contributed by atoms with Crippen LogP contribution in [0.2, 0.25) is 18.6 Å². The van der Waals surface area contributed by atoms with Crippen molar-refractivity contribution in [3.8, 4) is 11.1 Å². The van der Waals surface area contributed by atoms with Gasteiger partial charge >= 0.3 is 0 Å². The largest absolute Gasteiger partial charge is 0.465 e. The Hall–Kier alpha value is -3.62. The lowest BCUT2D eigenvalue weighted by molar-refractivity contribution is 0.551. The van der Waals surface area contributed by atoms with Gasteiger partial charge < -0.3 is 4.42 Å². The van der Waals surface area contributed by atoms with E-state index in [0.29, 0.717) is 11.1 Å². The maximum Gasteiger partial charge on any atom is 0.130 e. The predicted molar refractivity (Wildman–Crippen MR) is 151 cm³/mol. The number of hydrogen-bond acceptors (Lipinski definition) is 1. The quantitative estimate of drug-likeness (QED) is 0.265. The first-order valence-electron chi connectivity index (χ1n) is 12.4. The number of allylic oxidation sites excluding steroid dienone is 5. The first-order chi connectivity index (χ1) is 17.0. The van der Waals surface area contributed by atoms with E-state index < -0.39 is 8.07 Å². The minimum atomic E-state index is -1.94. The average molecular weight is 471 g/mol. The third kappa shape index (κ3) is 3.69. The van der Waals surface area contributed by atoms with Crippen LogP contribution in [0.1, 0.15) is 34.9 Å². The van der Waals surface area contributed by atoms with Gasteiger partial charge in [-0.15, -0.1) is 0 Å². The molecule has 1 heterocycles. The van der Waals surface area contributed by atoms with Crippen LogP contribution in [0.15, 0.2) is 119 Å². The molecule has 35 heavy (non-hydrogen) atoms. The summed E-state index contributed by atoms with van der Waals surface area (Å²) in [6.07, 6.45) is 9.15. The molecule has 0 fully saturated rings. The number of furan rings is 1. The minimum Gasteiger partial charge on any atom is -0.465 e. The van der Waals surface area contributed by atoms with Gasteiger partial charge in [0.2, 0.25) is 0 Å². The van der Waals surface area contributed by atoms with Crippen molar-refractivity contribution in [1.29, 1.82) is 0 Å². The highest BCUT2D eigenvalue weighted by Gasteiger charge is 2.46. The van der Waals surface area contributed by atoms with Crippen LogP contribution in [-0.2, 0) is 0 Å². The van der Waals surface area contributed by atoms with E-state index in [0.717, 1.165) is 5.76 Å². The van der Waals surface area contributed by atoms with Crippen LogP contribution in [0.5, 0.6) is 0 Å². The Morgan fingerprint density at radius 3 is 2.11 bits per heavy atom. The predicted octanol–water partition coefficient (Wildman–Crippen LogP) is 9.25. The Morgan fingerprint density at radius 1 is 0.714 bits per heavy atom. The van der Waals surface area contributed by atoms with Gasteiger partial charge in [0.1, 0.15) is 5.76 Å². The van der Waals surface area contributed by atoms with Crippen molar-refractivity contribution in [3.05, 3.63) is 137 Å². The maximum atomic E-state index is 6.02. The Balaban J connectivity index is 1.49. The van der Waals surface area contributed by atoms with E-state index in [1.807, 2.05) is 6.07 Å². The van der Waals surface area contributed by atoms with Gasteiger partial charge in [0, 0.05) is 11.1 Å². The van der Waals surface area contributed by atoms with E-state index in [1.165, 1.54) is 44.5 Å². The Labute approximate surface area is 209 Å². The number of hydrogen-bond donors (Lipinski definition) is 0. The summed E-state index contributed by atoms with van der Waals surface area (Å²) in [5.41, 5.74) is 11.7. The summed E-state index contributed by atoms with van der Waals surface area (Å²) in [5.74, 6) is 0.998. The Morgan fingerprint density at radius 2 is 1.43 bits per heavy atom. The lowest BCUT2D eigenvalue weighted by Crippen LogP contribution is -2.39. The van der Waals surface area contributed by atoms with Crippen molar-refractivity contribution in [3.63, 3.8) is 0 Å². The van der Waals surface area contributed by atoms with Gasteiger partial charge in [-0.1, -0.05) is 110 Å². The van der Waals surface area contributed by atoms with Gasteiger partial charge in [0.05, 0.1) is 14.3 Å². The van der Waals surface area contributed by atoms with E-state index in [2.05, 4.69) is 123 Å². The van der Waals surface area contributed by atoms with E-state index >= 15 is 0 Å². The molecule has 0 radical (unpaired) electrons. The van der Waals surface area contributed by atoms with Crippen molar-refractivity contribution in [2.45, 2.75) is 31.1 Å². The van der Waals surface area contributed by atoms with Crippen LogP contribution in [0.4, 0.5) is 0 Å². The van der Waals surface area contributed by atoms with E-state index in [4.69, 9.17) is 4.42 Å². The van der Waals surface area contributed by atoms with Crippen LogP contribution < -0.4 is 0 Å². The second kappa shape index (κ2) is 8.55. The third-order valence-electron chi connectivity index (χ3n) is 7.82. The molecule has 0 saturated heterocycles. The molecule has 0 aliphatic heterocycles. The summed E-state index contributed by atoms with van der Waals surface area (Å²) in [6.45, 7) is 7.44. The molecule has 0 bridgehead atoms. The smallest absolute Gasteiger partial charge is 0.130 e. The molecule has 0 saturated carbocycles. The highest BCUT2D eigenvalue weighted by atomic mass is 28.3. The fourth-order valence-corrected chi connectivity index (χ4v) is 10.5. The maximum absolute atomic E-state index is 6.02. The first-order valence-corrected chi connectivity index (χ1v) is 15.6. The molecule has 172 valence electrons. The van der Waals surface area contributed by atoms with Crippen molar-refractivity contribution >= 4 is 25.3 Å². The van der Waals surface area contributed by atoms with E-state index in [-0.39, 0.29) is 0 Å². The van der Waals surface area contributed by atoms with Crippen LogP contribution >= 0.6 is 0 Å². The molecule has 0 spiro atoms. The monoisotopic (exact) mass is 470 g/mol. The molecule has 1 aromatic heterocycles. The van der Waals surface area contributed by atoms with Crippen LogP contribution in [0.3, 0.4) is 0 Å². The minimum absolute atomic E-state index is 0.354. The second-order valence-corrected chi connectivity index (χ2v) is 15.2. The first kappa shape index (κ1) is 21.9. The highest BCUT2D eigenvalue weighted by molar-refractivity contribution is 6.83. The molecule has 6 rings (SSSR count). The Kier molecular flexibility index (Phi) is 5.34. The fraction of sp³-hybridized carbons (Fsp3) is 0.152. The van der Waals surface area contributed by atoms with Gasteiger partial charge in [-0.2, -0.15) is 0 Å². The van der Waals surface area contributed by atoms with Gasteiger partial charge in [0.25, 0.3) is 0 Å². The lowest BCUT2D eigenvalue weighted by atomic mass is 9.97. The van der Waals surface area contributed by atoms with E-state index in [1.54, 1.807) is 6.26 Å². The van der Waals surface area contributed by atoms with Gasteiger partial charge in [-0.05, 0) is 64.1 Å². The summed E-state index contributed by atoms with van der Waals surface area (Å²) in [4.78, 5) is 0. The van der Waals surface area contributed by atoms with Crippen molar-refractivity contribution in [1.82, 2.24) is 0 Å². The topological polar surface area (TPSA) is 13.1 Å². The van der Waals surface area contributed by atoms with Gasteiger partial charge in [-0.3, -0.25) is 0 Å². The fourth-order valence-electron chi connectivity index (χ4n) is 6.21. The zero-order chi connectivity index (χ0) is 24.0. The molecule has 0 amide bonds. The average Bonchev–Trinajstić information content (AvgIpc) is 3.63. The normalized spacial score (nSPS) is 19.2. The lowest BCUT2D eigenvalue weighted by Gasteiger charge is -2.37. The van der Waals surface area contributed by atoms with Crippen molar-refractivity contribution < 1.29 is 4.42 Å². The zero-order valence-electron chi connectivity index (χ0n) is 20.5. The van der Waals surface area contributed by atoms with Crippen molar-refractivity contribution in [2.24, 2.45) is 0 Å². The molecule has 0 N–H and O–H groups in total. The van der Waals surface area contributed by atoms with Gasteiger partial charge in [0.15, 0.2) is 0 Å². The number of fused-ring (bicyclic) bond motifs is 1. The number of benzene rings is 3. The zero-order valence-corrected chi connectivity index (χ0v) is 21.5. The van der Waals surface area contributed by atoms with Gasteiger partial charge in [-0.25, -0.2) is 0 Å². The summed E-state index contributed by atoms with van der Waals surface area (Å²) in [5, 5.41) is 0. The standard InChI is InChI=1S/C33H30OSi/c1-23-20-26(24-12-6-4-7-13-24)21-32(23)35(2,3)33-28-17-10-16-27(25-14-8-5-9-15-25)29(28)22-30(33)31-18-11-19-34-31/h4-22,32-33H,1-3H3. The SMILES string of the molecule is CC1=CC(c2ccccc2)=CC1[Si](C)(C)C1C(c2ccco2)=Cc2c(-c3ccccc3)cccc21. The molecular weight excluding hydrogens is 440 g/mol. The van der Waals surface area contributed by atoms with Crippen molar-refractivity contribution in [2.75, 3.05) is 0 Å². The molecule has 1 nitrogen and oxygen atoms in total. The number of rotatable bonds is 5. The molecular formula is C33H30OSi.